The van der Waals surface area contributed by atoms with Gasteiger partial charge in [-0.25, -0.2) is 9.13 Å². The van der Waals surface area contributed by atoms with Crippen LogP contribution in [0.3, 0.4) is 0 Å². The number of carbonyl (C=O) groups is 4. The van der Waals surface area contributed by atoms with Gasteiger partial charge in [0.25, 0.3) is 0 Å². The SMILES string of the molecule is CCCCCCCCCCCCCCCCCCCCCCCCC(=O)O[C@H](COC(=O)CCCCCCCCCCCCCCCCCCC(C)C)COP(=O)(O)OC[C@@H](O)COP(=O)(O)OC[C@@H](COC(=O)CCCCCCCCC(C)C)OC(=O)CCCCCCCCCCCCCCCCCCCCC. The summed E-state index contributed by atoms with van der Waals surface area (Å²) in [7, 11) is -9.93. The Balaban J connectivity index is 5.19. The van der Waals surface area contributed by atoms with Crippen LogP contribution in [0.1, 0.15) is 485 Å². The first-order chi connectivity index (χ1) is 52.9. The number of phosphoric ester groups is 2. The Kier molecular flexibility index (Phi) is 79.8. The summed E-state index contributed by atoms with van der Waals surface area (Å²) >= 11 is 0. The Morgan fingerprint density at radius 2 is 0.422 bits per heavy atom. The Labute approximate surface area is 670 Å². The number of phosphoric acid groups is 2. The van der Waals surface area contributed by atoms with Gasteiger partial charge in [-0.1, -0.05) is 433 Å². The number of aliphatic hydroxyl groups excluding tert-OH is 1. The summed E-state index contributed by atoms with van der Waals surface area (Å²) in [5, 5.41) is 10.7. The molecule has 0 aromatic carbocycles. The lowest BCUT2D eigenvalue weighted by Crippen LogP contribution is -2.30. The zero-order chi connectivity index (χ0) is 79.9. The molecule has 648 valence electrons. The van der Waals surface area contributed by atoms with Gasteiger partial charge in [-0.15, -0.1) is 0 Å². The molecule has 0 bridgehead atoms. The molecule has 109 heavy (non-hydrogen) atoms. The first-order valence-corrected chi connectivity index (χ1v) is 49.5. The van der Waals surface area contributed by atoms with Crippen molar-refractivity contribution in [3.63, 3.8) is 0 Å². The van der Waals surface area contributed by atoms with Crippen LogP contribution in [0, 0.1) is 11.8 Å². The molecule has 0 rings (SSSR count). The van der Waals surface area contributed by atoms with E-state index in [1.807, 2.05) is 0 Å². The smallest absolute Gasteiger partial charge is 0.462 e. The summed E-state index contributed by atoms with van der Waals surface area (Å²) in [5.74, 6) is -0.609. The number of hydrogen-bond donors (Lipinski definition) is 3. The molecule has 0 saturated heterocycles. The third-order valence-electron chi connectivity index (χ3n) is 21.2. The van der Waals surface area contributed by atoms with Crippen LogP contribution in [-0.2, 0) is 65.4 Å². The maximum Gasteiger partial charge on any atom is 0.472 e. The van der Waals surface area contributed by atoms with Crippen LogP contribution in [0.4, 0.5) is 0 Å². The maximum absolute atomic E-state index is 13.2. The summed E-state index contributed by atoms with van der Waals surface area (Å²) in [5.41, 5.74) is 0. The van der Waals surface area contributed by atoms with Crippen LogP contribution in [-0.4, -0.2) is 96.7 Å². The van der Waals surface area contributed by atoms with Crippen molar-refractivity contribution >= 4 is 39.5 Å². The normalized spacial score (nSPS) is 13.8. The maximum atomic E-state index is 13.2. The van der Waals surface area contributed by atoms with E-state index in [2.05, 4.69) is 41.5 Å². The monoisotopic (exact) mass is 1590 g/mol. The minimum Gasteiger partial charge on any atom is -0.462 e. The average Bonchev–Trinajstić information content (AvgIpc) is 0.901. The Morgan fingerprint density at radius 1 is 0.248 bits per heavy atom. The standard InChI is InChI=1S/C90H176O17P2/c1-7-9-11-13-15-17-19-21-23-25-27-28-29-31-33-39-43-47-51-55-62-68-74-89(94)106-85(78-100-87(92)72-66-60-53-49-45-41-37-35-34-36-40-44-48-52-58-64-70-82(3)4)80-104-108(96,97)102-76-84(91)77-103-109(98,99)105-81-86(79-101-88(93)73-67-61-57-56-59-65-71-83(5)6)107-90(95)75-69-63-54-50-46-42-38-32-30-26-24-22-20-18-16-14-12-10-8-2/h82-86,91H,7-81H2,1-6H3,(H,96,97)(H,98,99)/t84-,85-,86-/m1/s1. The van der Waals surface area contributed by atoms with Gasteiger partial charge in [0.1, 0.15) is 19.3 Å². The van der Waals surface area contributed by atoms with Crippen LogP contribution in [0.5, 0.6) is 0 Å². The van der Waals surface area contributed by atoms with Crippen molar-refractivity contribution in [3.05, 3.63) is 0 Å². The highest BCUT2D eigenvalue weighted by Crippen LogP contribution is 2.45. The van der Waals surface area contributed by atoms with Gasteiger partial charge >= 0.3 is 39.5 Å². The molecule has 0 amide bonds. The number of carbonyl (C=O) groups excluding carboxylic acids is 4. The van der Waals surface area contributed by atoms with Crippen LogP contribution >= 0.6 is 15.6 Å². The molecule has 0 aromatic rings. The molecule has 17 nitrogen and oxygen atoms in total. The van der Waals surface area contributed by atoms with Gasteiger partial charge in [-0.2, -0.15) is 0 Å². The first kappa shape index (κ1) is 107. The molecule has 0 aliphatic carbocycles. The zero-order valence-electron chi connectivity index (χ0n) is 71.9. The number of unbranched alkanes of at least 4 members (excludes halogenated alkanes) is 59. The molecule has 0 aliphatic rings. The predicted octanol–water partition coefficient (Wildman–Crippen LogP) is 27.8. The molecule has 5 atom stereocenters. The van der Waals surface area contributed by atoms with E-state index in [0.717, 1.165) is 102 Å². The van der Waals surface area contributed by atoms with Crippen molar-refractivity contribution in [1.29, 1.82) is 0 Å². The van der Waals surface area contributed by atoms with Gasteiger partial charge in [0.15, 0.2) is 12.2 Å². The van der Waals surface area contributed by atoms with E-state index in [0.29, 0.717) is 31.6 Å². The Hall–Kier alpha value is -1.94. The fourth-order valence-corrected chi connectivity index (χ4v) is 15.7. The number of ether oxygens (including phenoxy) is 4. The predicted molar refractivity (Wildman–Crippen MR) is 451 cm³/mol. The number of esters is 4. The largest absolute Gasteiger partial charge is 0.472 e. The third kappa shape index (κ3) is 83.8. The molecule has 0 aliphatic heterocycles. The van der Waals surface area contributed by atoms with Gasteiger partial charge in [-0.05, 0) is 37.5 Å². The van der Waals surface area contributed by atoms with Crippen LogP contribution in [0.25, 0.3) is 0 Å². The summed E-state index contributed by atoms with van der Waals surface area (Å²) in [4.78, 5) is 73.3. The minimum atomic E-state index is -4.97. The highest BCUT2D eigenvalue weighted by Gasteiger charge is 2.31. The fraction of sp³-hybridized carbons (Fsp3) is 0.956. The molecule has 0 fully saturated rings. The second-order valence-electron chi connectivity index (χ2n) is 33.3. The van der Waals surface area contributed by atoms with Crippen molar-refractivity contribution in [2.75, 3.05) is 39.6 Å². The molecule has 0 heterocycles. The summed E-state index contributed by atoms with van der Waals surface area (Å²) in [6.45, 7) is 9.64. The van der Waals surface area contributed by atoms with Crippen molar-refractivity contribution in [3.8, 4) is 0 Å². The Morgan fingerprint density at radius 3 is 0.624 bits per heavy atom. The number of aliphatic hydroxyl groups is 1. The van der Waals surface area contributed by atoms with Gasteiger partial charge in [-0.3, -0.25) is 37.3 Å². The second kappa shape index (κ2) is 81.2. The van der Waals surface area contributed by atoms with Crippen molar-refractivity contribution in [2.24, 2.45) is 11.8 Å². The quantitative estimate of drug-likeness (QED) is 0.0222. The topological polar surface area (TPSA) is 237 Å². The summed E-state index contributed by atoms with van der Waals surface area (Å²) < 4.78 is 69.0. The van der Waals surface area contributed by atoms with E-state index in [1.165, 1.54) is 295 Å². The van der Waals surface area contributed by atoms with Crippen LogP contribution in [0.15, 0.2) is 0 Å². The van der Waals surface area contributed by atoms with Gasteiger partial charge in [0, 0.05) is 25.7 Å². The molecule has 0 aromatic heterocycles. The van der Waals surface area contributed by atoms with Crippen molar-refractivity contribution < 1.29 is 80.2 Å². The molecule has 0 radical (unpaired) electrons. The van der Waals surface area contributed by atoms with E-state index in [-0.39, 0.29) is 25.7 Å². The average molecular weight is 1590 g/mol. The molecular weight excluding hydrogens is 1410 g/mol. The molecule has 3 N–H and O–H groups in total. The van der Waals surface area contributed by atoms with E-state index >= 15 is 0 Å². The third-order valence-corrected chi connectivity index (χ3v) is 23.1. The highest BCUT2D eigenvalue weighted by molar-refractivity contribution is 7.47. The lowest BCUT2D eigenvalue weighted by atomic mass is 10.0. The van der Waals surface area contributed by atoms with E-state index in [4.69, 9.17) is 37.0 Å². The van der Waals surface area contributed by atoms with Gasteiger partial charge < -0.3 is 33.8 Å². The van der Waals surface area contributed by atoms with Crippen LogP contribution in [0.2, 0.25) is 0 Å². The summed E-state index contributed by atoms with van der Waals surface area (Å²) in [6.07, 6.45) is 75.4. The molecule has 2 unspecified atom stereocenters. The zero-order valence-corrected chi connectivity index (χ0v) is 73.7. The van der Waals surface area contributed by atoms with Crippen molar-refractivity contribution in [2.45, 2.75) is 503 Å². The van der Waals surface area contributed by atoms with E-state index in [1.54, 1.807) is 0 Å². The number of rotatable bonds is 89. The molecular formula is C90H176O17P2. The van der Waals surface area contributed by atoms with Crippen molar-refractivity contribution in [1.82, 2.24) is 0 Å². The molecule has 19 heteroatoms. The molecule has 0 spiro atoms. The summed E-state index contributed by atoms with van der Waals surface area (Å²) in [6, 6.07) is 0. The van der Waals surface area contributed by atoms with E-state index in [9.17, 15) is 43.2 Å². The Bertz CT molecular complexity index is 2080. The lowest BCUT2D eigenvalue weighted by Gasteiger charge is -2.21. The first-order valence-electron chi connectivity index (χ1n) is 46.5. The minimum absolute atomic E-state index is 0.108. The number of hydrogen-bond acceptors (Lipinski definition) is 15. The van der Waals surface area contributed by atoms with Gasteiger partial charge in [0.2, 0.25) is 0 Å². The second-order valence-corrected chi connectivity index (χ2v) is 36.2. The molecule has 0 saturated carbocycles. The highest BCUT2D eigenvalue weighted by atomic mass is 31.2. The fourth-order valence-electron chi connectivity index (χ4n) is 14.1. The van der Waals surface area contributed by atoms with Gasteiger partial charge in [0.05, 0.1) is 26.4 Å². The lowest BCUT2D eigenvalue weighted by molar-refractivity contribution is -0.161. The van der Waals surface area contributed by atoms with E-state index < -0.39 is 97.5 Å². The van der Waals surface area contributed by atoms with Crippen LogP contribution < -0.4 is 0 Å².